The van der Waals surface area contributed by atoms with Gasteiger partial charge in [-0.15, -0.1) is 0 Å². The first kappa shape index (κ1) is 14.2. The van der Waals surface area contributed by atoms with Crippen molar-refractivity contribution in [2.45, 2.75) is 19.3 Å². The summed E-state index contributed by atoms with van der Waals surface area (Å²) in [4.78, 5) is 2.14. The SMILES string of the molecule is COc1ccccc1N(C)CCCCC(N)=NO. The number of oxime groups is 1. The van der Waals surface area contributed by atoms with Crippen LogP contribution in [0.4, 0.5) is 5.69 Å². The molecule has 5 heteroatoms. The highest BCUT2D eigenvalue weighted by atomic mass is 16.5. The van der Waals surface area contributed by atoms with Gasteiger partial charge in [0.1, 0.15) is 11.6 Å². The van der Waals surface area contributed by atoms with Crippen molar-refractivity contribution in [1.82, 2.24) is 0 Å². The van der Waals surface area contributed by atoms with E-state index in [2.05, 4.69) is 10.1 Å². The first-order valence-electron chi connectivity index (χ1n) is 5.99. The maximum atomic E-state index is 8.43. The Morgan fingerprint density at radius 2 is 2.11 bits per heavy atom. The molecular formula is C13H21N3O2. The van der Waals surface area contributed by atoms with Gasteiger partial charge in [-0.05, 0) is 25.0 Å². The molecule has 0 spiro atoms. The van der Waals surface area contributed by atoms with Crippen LogP contribution in [0.25, 0.3) is 0 Å². The minimum atomic E-state index is 0.287. The fraction of sp³-hybridized carbons (Fsp3) is 0.462. The molecule has 0 heterocycles. The Morgan fingerprint density at radius 1 is 1.39 bits per heavy atom. The zero-order chi connectivity index (χ0) is 13.4. The molecule has 0 aliphatic heterocycles. The van der Waals surface area contributed by atoms with Gasteiger partial charge in [-0.3, -0.25) is 0 Å². The smallest absolute Gasteiger partial charge is 0.142 e. The van der Waals surface area contributed by atoms with Crippen molar-refractivity contribution >= 4 is 11.5 Å². The van der Waals surface area contributed by atoms with E-state index in [4.69, 9.17) is 15.7 Å². The van der Waals surface area contributed by atoms with E-state index in [9.17, 15) is 0 Å². The molecule has 1 aromatic rings. The Balaban J connectivity index is 2.43. The molecule has 3 N–H and O–H groups in total. The predicted molar refractivity (Wildman–Crippen MR) is 73.5 cm³/mol. The second-order valence-electron chi connectivity index (χ2n) is 4.14. The van der Waals surface area contributed by atoms with Crippen molar-refractivity contribution in [2.24, 2.45) is 10.9 Å². The molecule has 0 saturated carbocycles. The highest BCUT2D eigenvalue weighted by Gasteiger charge is 2.06. The number of methoxy groups -OCH3 is 1. The molecule has 0 atom stereocenters. The van der Waals surface area contributed by atoms with Crippen molar-refractivity contribution in [3.05, 3.63) is 24.3 Å². The van der Waals surface area contributed by atoms with E-state index in [0.717, 1.165) is 30.8 Å². The first-order valence-corrected chi connectivity index (χ1v) is 5.99. The number of unbranched alkanes of at least 4 members (excludes halogenated alkanes) is 1. The summed E-state index contributed by atoms with van der Waals surface area (Å²) >= 11 is 0. The van der Waals surface area contributed by atoms with Gasteiger partial charge in [-0.1, -0.05) is 17.3 Å². The van der Waals surface area contributed by atoms with Crippen LogP contribution >= 0.6 is 0 Å². The summed E-state index contributed by atoms with van der Waals surface area (Å²) in [7, 11) is 3.70. The van der Waals surface area contributed by atoms with Crippen molar-refractivity contribution in [3.63, 3.8) is 0 Å². The van der Waals surface area contributed by atoms with E-state index in [0.29, 0.717) is 6.42 Å². The van der Waals surface area contributed by atoms with Crippen molar-refractivity contribution in [1.29, 1.82) is 0 Å². The van der Waals surface area contributed by atoms with E-state index in [1.54, 1.807) is 7.11 Å². The number of anilines is 1. The van der Waals surface area contributed by atoms with Crippen molar-refractivity contribution < 1.29 is 9.94 Å². The standard InChI is InChI=1S/C13H21N3O2/c1-16(10-6-5-9-13(14)15-17)11-7-3-4-8-12(11)18-2/h3-4,7-8,17H,5-6,9-10H2,1-2H3,(H2,14,15). The maximum absolute atomic E-state index is 8.43. The molecule has 0 fully saturated rings. The number of amidine groups is 1. The summed E-state index contributed by atoms with van der Waals surface area (Å²) < 4.78 is 5.31. The van der Waals surface area contributed by atoms with Crippen LogP contribution in [-0.2, 0) is 0 Å². The number of nitrogens with two attached hydrogens (primary N) is 1. The highest BCUT2D eigenvalue weighted by molar-refractivity contribution is 5.79. The Labute approximate surface area is 108 Å². The Hall–Kier alpha value is -1.91. The third-order valence-electron chi connectivity index (χ3n) is 2.80. The largest absolute Gasteiger partial charge is 0.495 e. The number of rotatable bonds is 7. The van der Waals surface area contributed by atoms with Crippen LogP contribution in [0.2, 0.25) is 0 Å². The zero-order valence-corrected chi connectivity index (χ0v) is 11.0. The lowest BCUT2D eigenvalue weighted by Gasteiger charge is -2.21. The summed E-state index contributed by atoms with van der Waals surface area (Å²) in [6.45, 7) is 0.902. The lowest BCUT2D eigenvalue weighted by molar-refractivity contribution is 0.316. The monoisotopic (exact) mass is 251 g/mol. The fourth-order valence-corrected chi connectivity index (χ4v) is 1.77. The van der Waals surface area contributed by atoms with Crippen LogP contribution in [0, 0.1) is 0 Å². The molecule has 0 aromatic heterocycles. The van der Waals surface area contributed by atoms with Gasteiger partial charge in [0.25, 0.3) is 0 Å². The van der Waals surface area contributed by atoms with Crippen LogP contribution in [0.5, 0.6) is 5.75 Å². The number of ether oxygens (including phenoxy) is 1. The summed E-state index contributed by atoms with van der Waals surface area (Å²) in [5, 5.41) is 11.4. The average Bonchev–Trinajstić information content (AvgIpc) is 2.42. The minimum absolute atomic E-state index is 0.287. The molecule has 0 saturated heterocycles. The molecule has 0 bridgehead atoms. The molecular weight excluding hydrogens is 230 g/mol. The molecule has 0 aliphatic carbocycles. The Kier molecular flexibility index (Phi) is 5.84. The third-order valence-corrected chi connectivity index (χ3v) is 2.80. The third kappa shape index (κ3) is 4.16. The molecule has 0 radical (unpaired) electrons. The molecule has 0 amide bonds. The van der Waals surface area contributed by atoms with Gasteiger partial charge in [-0.2, -0.15) is 0 Å². The molecule has 1 aromatic carbocycles. The molecule has 0 unspecified atom stereocenters. The Morgan fingerprint density at radius 3 is 2.78 bits per heavy atom. The van der Waals surface area contributed by atoms with Gasteiger partial charge in [0.2, 0.25) is 0 Å². The van der Waals surface area contributed by atoms with Gasteiger partial charge >= 0.3 is 0 Å². The quantitative estimate of drug-likeness (QED) is 0.256. The second-order valence-corrected chi connectivity index (χ2v) is 4.14. The number of nitrogens with zero attached hydrogens (tertiary/aromatic N) is 2. The number of hydrogen-bond donors (Lipinski definition) is 2. The van der Waals surface area contributed by atoms with Crippen LogP contribution in [0.15, 0.2) is 29.4 Å². The van der Waals surface area contributed by atoms with Crippen LogP contribution in [0.3, 0.4) is 0 Å². The van der Waals surface area contributed by atoms with Crippen LogP contribution < -0.4 is 15.4 Å². The zero-order valence-electron chi connectivity index (χ0n) is 11.0. The summed E-state index contributed by atoms with van der Waals surface area (Å²) in [6, 6.07) is 7.92. The predicted octanol–water partition coefficient (Wildman–Crippen LogP) is 2.05. The minimum Gasteiger partial charge on any atom is -0.495 e. The molecule has 5 nitrogen and oxygen atoms in total. The molecule has 100 valence electrons. The number of benzene rings is 1. The van der Waals surface area contributed by atoms with Gasteiger partial charge in [0.05, 0.1) is 12.8 Å². The Bertz CT molecular complexity index is 394. The first-order chi connectivity index (χ1) is 8.69. The van der Waals surface area contributed by atoms with E-state index in [1.165, 1.54) is 0 Å². The summed E-state index contributed by atoms with van der Waals surface area (Å²) in [5.41, 5.74) is 6.49. The van der Waals surface area contributed by atoms with Crippen LogP contribution in [-0.4, -0.2) is 31.7 Å². The lowest BCUT2D eigenvalue weighted by atomic mass is 10.2. The summed E-state index contributed by atoms with van der Waals surface area (Å²) in [5.74, 6) is 1.16. The maximum Gasteiger partial charge on any atom is 0.142 e. The van der Waals surface area contributed by atoms with E-state index < -0.39 is 0 Å². The van der Waals surface area contributed by atoms with E-state index >= 15 is 0 Å². The summed E-state index contributed by atoms with van der Waals surface area (Å²) in [6.07, 6.45) is 2.50. The average molecular weight is 251 g/mol. The lowest BCUT2D eigenvalue weighted by Crippen LogP contribution is -2.20. The highest BCUT2D eigenvalue weighted by Crippen LogP contribution is 2.26. The van der Waals surface area contributed by atoms with Crippen LogP contribution in [0.1, 0.15) is 19.3 Å². The molecule has 1 rings (SSSR count). The van der Waals surface area contributed by atoms with Gasteiger partial charge in [0, 0.05) is 20.0 Å². The molecule has 0 aliphatic rings. The normalized spacial score (nSPS) is 11.3. The second kappa shape index (κ2) is 7.42. The molecule has 18 heavy (non-hydrogen) atoms. The fourth-order valence-electron chi connectivity index (χ4n) is 1.77. The number of para-hydroxylation sites is 2. The van der Waals surface area contributed by atoms with E-state index in [1.807, 2.05) is 31.3 Å². The van der Waals surface area contributed by atoms with Gasteiger partial charge in [-0.25, -0.2) is 0 Å². The van der Waals surface area contributed by atoms with E-state index in [-0.39, 0.29) is 5.84 Å². The van der Waals surface area contributed by atoms with Crippen molar-refractivity contribution in [2.75, 3.05) is 25.6 Å². The number of hydrogen-bond acceptors (Lipinski definition) is 4. The van der Waals surface area contributed by atoms with Gasteiger partial charge < -0.3 is 20.6 Å². The van der Waals surface area contributed by atoms with Crippen molar-refractivity contribution in [3.8, 4) is 5.75 Å². The topological polar surface area (TPSA) is 71.1 Å². The van der Waals surface area contributed by atoms with Gasteiger partial charge in [0.15, 0.2) is 0 Å².